The lowest BCUT2D eigenvalue weighted by atomic mass is 10.1. The first kappa shape index (κ1) is 15.2. The van der Waals surface area contributed by atoms with Crippen LogP contribution >= 0.6 is 0 Å². The molecule has 6 nitrogen and oxygen atoms in total. The van der Waals surface area contributed by atoms with Crippen LogP contribution in [0, 0.1) is 0 Å². The van der Waals surface area contributed by atoms with Crippen molar-refractivity contribution in [2.24, 2.45) is 0 Å². The van der Waals surface area contributed by atoms with E-state index < -0.39 is 0 Å². The van der Waals surface area contributed by atoms with Crippen LogP contribution in [-0.2, 0) is 4.79 Å². The number of nitrogens with zero attached hydrogens (tertiary/aromatic N) is 3. The van der Waals surface area contributed by atoms with Gasteiger partial charge in [-0.05, 0) is 18.2 Å². The van der Waals surface area contributed by atoms with Gasteiger partial charge in [0.25, 0.3) is 5.91 Å². The molecule has 0 unspecified atom stereocenters. The number of nitrogen functional groups attached to an aromatic ring is 1. The van der Waals surface area contributed by atoms with Crippen LogP contribution in [0.3, 0.4) is 0 Å². The van der Waals surface area contributed by atoms with E-state index in [0.717, 1.165) is 18.8 Å². The van der Waals surface area contributed by atoms with Crippen LogP contribution in [-0.4, -0.2) is 61.9 Å². The van der Waals surface area contributed by atoms with Crippen LogP contribution < -0.4 is 10.6 Å². The predicted octanol–water partition coefficient (Wildman–Crippen LogP) is 0.639. The second-order valence-corrected chi connectivity index (χ2v) is 5.47. The zero-order valence-electron chi connectivity index (χ0n) is 12.8. The topological polar surface area (TPSA) is 69.9 Å². The van der Waals surface area contributed by atoms with Crippen LogP contribution in [0.2, 0.25) is 0 Å². The summed E-state index contributed by atoms with van der Waals surface area (Å²) in [4.78, 5) is 28.9. The van der Waals surface area contributed by atoms with Gasteiger partial charge in [-0.3, -0.25) is 9.59 Å². The Morgan fingerprint density at radius 2 is 1.76 bits per heavy atom. The maximum absolute atomic E-state index is 12.0. The highest BCUT2D eigenvalue weighted by Gasteiger charge is 2.21. The summed E-state index contributed by atoms with van der Waals surface area (Å²) in [5.74, 6) is 0.0535. The third-order valence-corrected chi connectivity index (χ3v) is 3.75. The van der Waals surface area contributed by atoms with Crippen LogP contribution in [0.4, 0.5) is 11.4 Å². The molecule has 0 atom stereocenters. The molecule has 1 aliphatic heterocycles. The highest BCUT2D eigenvalue weighted by atomic mass is 16.2. The van der Waals surface area contributed by atoms with Crippen LogP contribution in [0.15, 0.2) is 18.2 Å². The summed E-state index contributed by atoms with van der Waals surface area (Å²) in [6.45, 7) is 4.40. The smallest absolute Gasteiger partial charge is 0.253 e. The minimum Gasteiger partial charge on any atom is -0.397 e. The fourth-order valence-corrected chi connectivity index (χ4v) is 2.47. The van der Waals surface area contributed by atoms with Gasteiger partial charge in [-0.2, -0.15) is 0 Å². The molecule has 1 fully saturated rings. The molecule has 2 N–H and O–H groups in total. The molecule has 6 heteroatoms. The lowest BCUT2D eigenvalue weighted by Crippen LogP contribution is -2.48. The van der Waals surface area contributed by atoms with Gasteiger partial charge in [-0.25, -0.2) is 0 Å². The van der Waals surface area contributed by atoms with E-state index in [1.807, 2.05) is 11.0 Å². The fourth-order valence-electron chi connectivity index (χ4n) is 2.47. The van der Waals surface area contributed by atoms with Crippen LogP contribution in [0.25, 0.3) is 0 Å². The normalized spacial score (nSPS) is 15.0. The summed E-state index contributed by atoms with van der Waals surface area (Å²) >= 11 is 0. The third-order valence-electron chi connectivity index (χ3n) is 3.75. The number of benzene rings is 1. The van der Waals surface area contributed by atoms with Crippen molar-refractivity contribution in [2.45, 2.75) is 6.92 Å². The Hall–Kier alpha value is -2.24. The van der Waals surface area contributed by atoms with Gasteiger partial charge < -0.3 is 20.4 Å². The molecule has 1 aliphatic rings. The predicted molar refractivity (Wildman–Crippen MR) is 83.3 cm³/mol. The Bertz CT molecular complexity index is 549. The average Bonchev–Trinajstić information content (AvgIpc) is 2.47. The molecule has 1 saturated heterocycles. The number of anilines is 2. The van der Waals surface area contributed by atoms with Gasteiger partial charge in [0.15, 0.2) is 0 Å². The van der Waals surface area contributed by atoms with Crippen molar-refractivity contribution in [3.05, 3.63) is 23.8 Å². The maximum atomic E-state index is 12.0. The molecule has 1 aromatic carbocycles. The third kappa shape index (κ3) is 3.26. The summed E-state index contributed by atoms with van der Waals surface area (Å²) in [5.41, 5.74) is 8.19. The molecule has 1 aromatic rings. The molecule has 0 aliphatic carbocycles. The summed E-state index contributed by atoms with van der Waals surface area (Å²) in [5, 5.41) is 0. The molecule has 0 saturated carbocycles. The molecule has 0 radical (unpaired) electrons. The Labute approximate surface area is 125 Å². The van der Waals surface area contributed by atoms with Crippen molar-refractivity contribution >= 4 is 23.2 Å². The highest BCUT2D eigenvalue weighted by molar-refractivity contribution is 5.96. The largest absolute Gasteiger partial charge is 0.397 e. The van der Waals surface area contributed by atoms with E-state index in [0.29, 0.717) is 24.3 Å². The fraction of sp³-hybridized carbons (Fsp3) is 0.467. The standard InChI is InChI=1S/C15H22N4O2/c1-11(20)18-6-8-19(9-7-18)14-10-12(4-5-13(14)16)15(21)17(2)3/h4-5,10H,6-9,16H2,1-3H3. The molecular weight excluding hydrogens is 268 g/mol. The molecule has 2 rings (SSSR count). The van der Waals surface area contributed by atoms with E-state index in [1.165, 1.54) is 0 Å². The Kier molecular flexibility index (Phi) is 4.35. The number of hydrogen-bond donors (Lipinski definition) is 1. The summed E-state index contributed by atoms with van der Waals surface area (Å²) in [7, 11) is 3.45. The van der Waals surface area contributed by atoms with Crippen molar-refractivity contribution < 1.29 is 9.59 Å². The maximum Gasteiger partial charge on any atom is 0.253 e. The lowest BCUT2D eigenvalue weighted by Gasteiger charge is -2.36. The summed E-state index contributed by atoms with van der Waals surface area (Å²) < 4.78 is 0. The Balaban J connectivity index is 2.18. The van der Waals surface area contributed by atoms with E-state index in [-0.39, 0.29) is 11.8 Å². The first-order valence-electron chi connectivity index (χ1n) is 7.02. The van der Waals surface area contributed by atoms with Gasteiger partial charge in [0.2, 0.25) is 5.91 Å². The first-order chi connectivity index (χ1) is 9.90. The number of rotatable bonds is 2. The monoisotopic (exact) mass is 290 g/mol. The Morgan fingerprint density at radius 1 is 1.14 bits per heavy atom. The SMILES string of the molecule is CC(=O)N1CCN(c2cc(C(=O)N(C)C)ccc2N)CC1. The molecule has 0 aromatic heterocycles. The molecule has 114 valence electrons. The number of hydrogen-bond acceptors (Lipinski definition) is 4. The minimum absolute atomic E-state index is 0.0429. The van der Waals surface area contributed by atoms with E-state index >= 15 is 0 Å². The summed E-state index contributed by atoms with van der Waals surface area (Å²) in [6.07, 6.45) is 0. The van der Waals surface area contributed by atoms with Crippen molar-refractivity contribution in [3.8, 4) is 0 Å². The zero-order valence-corrected chi connectivity index (χ0v) is 12.8. The molecule has 0 spiro atoms. The van der Waals surface area contributed by atoms with Crippen LogP contribution in [0.1, 0.15) is 17.3 Å². The van der Waals surface area contributed by atoms with Gasteiger partial charge in [0, 0.05) is 52.8 Å². The number of carbonyl (C=O) groups excluding carboxylic acids is 2. The molecule has 1 heterocycles. The van der Waals surface area contributed by atoms with Crippen molar-refractivity contribution in [2.75, 3.05) is 50.9 Å². The van der Waals surface area contributed by atoms with Gasteiger partial charge in [0.1, 0.15) is 0 Å². The number of piperazine rings is 1. The Morgan fingerprint density at radius 3 is 2.29 bits per heavy atom. The van der Waals surface area contributed by atoms with Gasteiger partial charge in [0.05, 0.1) is 11.4 Å². The highest BCUT2D eigenvalue weighted by Crippen LogP contribution is 2.26. The van der Waals surface area contributed by atoms with Crippen molar-refractivity contribution in [1.82, 2.24) is 9.80 Å². The first-order valence-corrected chi connectivity index (χ1v) is 7.02. The van der Waals surface area contributed by atoms with Gasteiger partial charge >= 0.3 is 0 Å². The second-order valence-electron chi connectivity index (χ2n) is 5.47. The quantitative estimate of drug-likeness (QED) is 0.812. The molecule has 0 bridgehead atoms. The van der Waals surface area contributed by atoms with E-state index in [9.17, 15) is 9.59 Å². The molecular formula is C15H22N4O2. The van der Waals surface area contributed by atoms with Gasteiger partial charge in [-0.1, -0.05) is 0 Å². The van der Waals surface area contributed by atoms with Gasteiger partial charge in [-0.15, -0.1) is 0 Å². The zero-order chi connectivity index (χ0) is 15.6. The van der Waals surface area contributed by atoms with E-state index in [1.54, 1.807) is 38.1 Å². The lowest BCUT2D eigenvalue weighted by molar-refractivity contribution is -0.129. The number of amides is 2. The minimum atomic E-state index is -0.0429. The van der Waals surface area contributed by atoms with E-state index in [4.69, 9.17) is 5.73 Å². The van der Waals surface area contributed by atoms with Crippen molar-refractivity contribution in [1.29, 1.82) is 0 Å². The van der Waals surface area contributed by atoms with Crippen LogP contribution in [0.5, 0.6) is 0 Å². The van der Waals surface area contributed by atoms with E-state index in [2.05, 4.69) is 4.90 Å². The summed E-state index contributed by atoms with van der Waals surface area (Å²) in [6, 6.07) is 5.34. The number of nitrogens with two attached hydrogens (primary N) is 1. The molecule has 2 amide bonds. The molecule has 21 heavy (non-hydrogen) atoms. The average molecular weight is 290 g/mol. The number of carbonyl (C=O) groups is 2. The second kappa shape index (κ2) is 6.03. The van der Waals surface area contributed by atoms with Crippen molar-refractivity contribution in [3.63, 3.8) is 0 Å².